The van der Waals surface area contributed by atoms with Gasteiger partial charge in [0.1, 0.15) is 0 Å². The minimum atomic E-state index is -1.49. The Kier molecular flexibility index (Phi) is 2.09. The van der Waals surface area contributed by atoms with Gasteiger partial charge in [-0.25, -0.2) is 0 Å². The molecule has 0 unspecified atom stereocenters. The zero-order chi connectivity index (χ0) is 9.14. The summed E-state index contributed by atoms with van der Waals surface area (Å²) < 4.78 is 0. The first kappa shape index (κ1) is 8.26. The van der Waals surface area contributed by atoms with Gasteiger partial charge in [-0.15, -0.1) is 0 Å². The van der Waals surface area contributed by atoms with Gasteiger partial charge in [-0.2, -0.15) is 0 Å². The number of carbonyl (C=O) groups excluding carboxylic acids is 1. The molecule has 1 N–H and O–H groups in total. The number of aromatic amines is 1. The molecule has 1 rings (SSSR count). The zero-order valence-corrected chi connectivity index (χ0v) is 6.16. The van der Waals surface area contributed by atoms with Crippen LogP contribution in [0, 0.1) is 0 Å². The lowest BCUT2D eigenvalue weighted by Gasteiger charge is -2.00. The Balaban J connectivity index is 3.36. The second-order valence-corrected chi connectivity index (χ2v) is 2.17. The van der Waals surface area contributed by atoms with Gasteiger partial charge in [0.05, 0.1) is 11.5 Å². The Morgan fingerprint density at radius 2 is 2.33 bits per heavy atom. The average molecular weight is 164 g/mol. The van der Waals surface area contributed by atoms with E-state index in [0.29, 0.717) is 5.56 Å². The number of hydrogen-bond acceptors (Lipinski definition) is 3. The maximum atomic E-state index is 10.8. The van der Waals surface area contributed by atoms with Crippen LogP contribution in [0.4, 0.5) is 0 Å². The van der Waals surface area contributed by atoms with Gasteiger partial charge >= 0.3 is 0 Å². The molecule has 0 aliphatic carbocycles. The number of nitrogens with one attached hydrogen (secondary N) is 1. The van der Waals surface area contributed by atoms with Gasteiger partial charge in [-0.3, -0.25) is 4.79 Å². The van der Waals surface area contributed by atoms with Gasteiger partial charge in [0.25, 0.3) is 5.56 Å². The van der Waals surface area contributed by atoms with Crippen LogP contribution in [0.25, 0.3) is 6.08 Å². The summed E-state index contributed by atoms with van der Waals surface area (Å²) in [5, 5.41) is 10.3. The molecule has 4 heteroatoms. The molecule has 0 amide bonds. The fourth-order valence-corrected chi connectivity index (χ4v) is 0.770. The van der Waals surface area contributed by atoms with E-state index in [1.807, 2.05) is 0 Å². The number of hydrogen-bond donors (Lipinski definition) is 1. The molecular formula is C8H6NO3-. The van der Waals surface area contributed by atoms with Gasteiger partial charge in [0, 0.05) is 6.20 Å². The lowest BCUT2D eigenvalue weighted by Crippen LogP contribution is -2.29. The number of aromatic nitrogens is 1. The number of carboxylic acids is 1. The quantitative estimate of drug-likeness (QED) is 0.633. The third-order valence-corrected chi connectivity index (χ3v) is 1.38. The molecule has 0 aliphatic heterocycles. The first-order valence-corrected chi connectivity index (χ1v) is 3.21. The summed E-state index contributed by atoms with van der Waals surface area (Å²) in [5.74, 6) is -1.49. The average Bonchev–Trinajstić information content (AvgIpc) is 2.05. The molecule has 0 spiro atoms. The molecule has 0 bridgehead atoms. The van der Waals surface area contributed by atoms with Gasteiger partial charge in [0.15, 0.2) is 0 Å². The van der Waals surface area contributed by atoms with Gasteiger partial charge in [0.2, 0.25) is 0 Å². The van der Waals surface area contributed by atoms with Crippen LogP contribution in [0.5, 0.6) is 0 Å². The Labute approximate surface area is 68.2 Å². The number of carboxylic acid groups (broad SMARTS) is 1. The molecule has 1 aromatic rings. The van der Waals surface area contributed by atoms with Crippen LogP contribution in [0.1, 0.15) is 15.9 Å². The van der Waals surface area contributed by atoms with Crippen LogP contribution >= 0.6 is 0 Å². The van der Waals surface area contributed by atoms with Crippen LogP contribution in [0.15, 0.2) is 23.6 Å². The van der Waals surface area contributed by atoms with E-state index in [4.69, 9.17) is 0 Å². The van der Waals surface area contributed by atoms with Crippen molar-refractivity contribution in [2.75, 3.05) is 0 Å². The Bertz CT molecular complexity index is 378. The van der Waals surface area contributed by atoms with E-state index in [1.54, 1.807) is 0 Å². The van der Waals surface area contributed by atoms with Crippen molar-refractivity contribution in [3.05, 3.63) is 40.3 Å². The molecule has 0 saturated heterocycles. The van der Waals surface area contributed by atoms with Crippen molar-refractivity contribution in [1.29, 1.82) is 0 Å². The van der Waals surface area contributed by atoms with Crippen LogP contribution in [-0.4, -0.2) is 11.0 Å². The van der Waals surface area contributed by atoms with Crippen molar-refractivity contribution >= 4 is 12.0 Å². The van der Waals surface area contributed by atoms with Crippen molar-refractivity contribution in [1.82, 2.24) is 4.98 Å². The Morgan fingerprint density at radius 3 is 2.83 bits per heavy atom. The summed E-state index contributed by atoms with van der Waals surface area (Å²) in [6.07, 6.45) is 2.81. The molecule has 1 heterocycles. The largest absolute Gasteiger partial charge is 0.545 e. The number of pyridine rings is 1. The summed E-state index contributed by atoms with van der Waals surface area (Å²) in [6.45, 7) is 3.43. The summed E-state index contributed by atoms with van der Waals surface area (Å²) >= 11 is 0. The van der Waals surface area contributed by atoms with Gasteiger partial charge in [-0.1, -0.05) is 12.7 Å². The maximum absolute atomic E-state index is 10.8. The summed E-state index contributed by atoms with van der Waals surface area (Å²) in [6, 6.07) is 1.21. The first-order valence-electron chi connectivity index (χ1n) is 3.21. The Morgan fingerprint density at radius 1 is 1.67 bits per heavy atom. The highest BCUT2D eigenvalue weighted by Gasteiger charge is 1.99. The standard InChI is InChI=1S/C8H7NO3/c1-2-5-3-6(8(11)12)7(10)9-4-5/h2-4H,1H2,(H,9,10)(H,11,12)/p-1. The van der Waals surface area contributed by atoms with Crippen molar-refractivity contribution in [2.45, 2.75) is 0 Å². The maximum Gasteiger partial charge on any atom is 0.257 e. The summed E-state index contributed by atoms with van der Waals surface area (Å²) in [4.78, 5) is 23.4. The second kappa shape index (κ2) is 3.04. The van der Waals surface area contributed by atoms with Crippen LogP contribution < -0.4 is 10.7 Å². The molecule has 4 nitrogen and oxygen atoms in total. The highest BCUT2D eigenvalue weighted by atomic mass is 16.4. The van der Waals surface area contributed by atoms with Crippen LogP contribution in [0.2, 0.25) is 0 Å². The topological polar surface area (TPSA) is 73.0 Å². The number of aromatic carboxylic acids is 1. The highest BCUT2D eigenvalue weighted by molar-refractivity contribution is 5.85. The molecular weight excluding hydrogens is 158 g/mol. The zero-order valence-electron chi connectivity index (χ0n) is 6.16. The SMILES string of the molecule is C=Cc1c[nH]c(=O)c(C(=O)[O-])c1. The van der Waals surface area contributed by atoms with E-state index < -0.39 is 11.5 Å². The minimum Gasteiger partial charge on any atom is -0.545 e. The van der Waals surface area contributed by atoms with Crippen molar-refractivity contribution in [3.63, 3.8) is 0 Å². The molecule has 1 aromatic heterocycles. The molecule has 0 atom stereocenters. The smallest absolute Gasteiger partial charge is 0.257 e. The highest BCUT2D eigenvalue weighted by Crippen LogP contribution is 1.98. The van der Waals surface area contributed by atoms with Crippen molar-refractivity contribution in [3.8, 4) is 0 Å². The molecule has 0 fully saturated rings. The fraction of sp³-hybridized carbons (Fsp3) is 0. The molecule has 0 saturated carbocycles. The number of carbonyl (C=O) groups is 1. The first-order chi connectivity index (χ1) is 5.65. The third kappa shape index (κ3) is 1.42. The second-order valence-electron chi connectivity index (χ2n) is 2.17. The molecule has 62 valence electrons. The van der Waals surface area contributed by atoms with Gasteiger partial charge in [-0.05, 0) is 11.6 Å². The molecule has 0 aromatic carbocycles. The third-order valence-electron chi connectivity index (χ3n) is 1.38. The minimum absolute atomic E-state index is 0.382. The van der Waals surface area contributed by atoms with Crippen molar-refractivity contribution in [2.24, 2.45) is 0 Å². The van der Waals surface area contributed by atoms with Crippen LogP contribution in [0.3, 0.4) is 0 Å². The predicted molar refractivity (Wildman–Crippen MR) is 41.5 cm³/mol. The molecule has 0 aliphatic rings. The molecule has 0 radical (unpaired) electrons. The van der Waals surface area contributed by atoms with Gasteiger partial charge < -0.3 is 14.9 Å². The Hall–Kier alpha value is -1.84. The molecule has 12 heavy (non-hydrogen) atoms. The summed E-state index contributed by atoms with van der Waals surface area (Å²) in [5.41, 5.74) is -0.512. The fourth-order valence-electron chi connectivity index (χ4n) is 0.770. The lowest BCUT2D eigenvalue weighted by atomic mass is 10.2. The van der Waals surface area contributed by atoms with E-state index >= 15 is 0 Å². The van der Waals surface area contributed by atoms with E-state index in [2.05, 4.69) is 11.6 Å². The lowest BCUT2D eigenvalue weighted by molar-refractivity contribution is -0.255. The predicted octanol–water partition coefficient (Wildman–Crippen LogP) is -0.619. The van der Waals surface area contributed by atoms with E-state index in [1.165, 1.54) is 18.3 Å². The summed E-state index contributed by atoms with van der Waals surface area (Å²) in [7, 11) is 0. The number of rotatable bonds is 2. The van der Waals surface area contributed by atoms with E-state index in [-0.39, 0.29) is 5.56 Å². The van der Waals surface area contributed by atoms with E-state index in [9.17, 15) is 14.7 Å². The van der Waals surface area contributed by atoms with E-state index in [0.717, 1.165) is 0 Å². The number of H-pyrrole nitrogens is 1. The normalized spacial score (nSPS) is 9.33. The van der Waals surface area contributed by atoms with Crippen molar-refractivity contribution < 1.29 is 9.90 Å². The van der Waals surface area contributed by atoms with Crippen LogP contribution in [-0.2, 0) is 0 Å². The monoisotopic (exact) mass is 164 g/mol.